The molecular formula is C14H15NO7. The number of rotatable bonds is 6. The van der Waals surface area contributed by atoms with Gasteiger partial charge in [0.25, 0.3) is 5.91 Å². The van der Waals surface area contributed by atoms with Crippen molar-refractivity contribution in [1.29, 1.82) is 0 Å². The first-order valence-electron chi connectivity index (χ1n) is 6.24. The maximum absolute atomic E-state index is 11.6. The number of benzene rings is 1. The van der Waals surface area contributed by atoms with Crippen molar-refractivity contribution < 1.29 is 33.4 Å². The highest BCUT2D eigenvalue weighted by Gasteiger charge is 2.13. The summed E-state index contributed by atoms with van der Waals surface area (Å²) in [5.41, 5.74) is 0.218. The van der Waals surface area contributed by atoms with Gasteiger partial charge in [-0.15, -0.1) is 0 Å². The molecule has 0 aliphatic rings. The smallest absolute Gasteiger partial charge is 0.349 e. The highest BCUT2D eigenvalue weighted by atomic mass is 16.6. The number of anilines is 1. The van der Waals surface area contributed by atoms with Crippen molar-refractivity contribution in [3.63, 3.8) is 0 Å². The van der Waals surface area contributed by atoms with E-state index in [1.807, 2.05) is 0 Å². The summed E-state index contributed by atoms with van der Waals surface area (Å²) in [5.74, 6) is -2.50. The van der Waals surface area contributed by atoms with Gasteiger partial charge in [0.05, 0.1) is 5.69 Å². The number of amides is 1. The second-order valence-electron chi connectivity index (χ2n) is 4.08. The predicted molar refractivity (Wildman–Crippen MR) is 74.0 cm³/mol. The molecule has 0 saturated heterocycles. The van der Waals surface area contributed by atoms with Crippen molar-refractivity contribution in [3.8, 4) is 5.75 Å². The fourth-order valence-electron chi connectivity index (χ4n) is 1.33. The molecular weight excluding hydrogens is 294 g/mol. The largest absolute Gasteiger partial charge is 0.456 e. The van der Waals surface area contributed by atoms with E-state index in [4.69, 9.17) is 4.74 Å². The molecule has 0 radical (unpaired) electrons. The molecule has 0 unspecified atom stereocenters. The molecule has 8 heteroatoms. The van der Waals surface area contributed by atoms with Crippen molar-refractivity contribution in [2.75, 3.05) is 18.5 Å². The second kappa shape index (κ2) is 8.40. The van der Waals surface area contributed by atoms with Gasteiger partial charge in [-0.05, 0) is 12.1 Å². The summed E-state index contributed by atoms with van der Waals surface area (Å²) < 4.78 is 14.0. The molecule has 0 fully saturated rings. The summed E-state index contributed by atoms with van der Waals surface area (Å²) in [5, 5.41) is 2.43. The Morgan fingerprint density at radius 2 is 1.55 bits per heavy atom. The Labute approximate surface area is 126 Å². The van der Waals surface area contributed by atoms with Crippen molar-refractivity contribution in [2.45, 2.75) is 13.8 Å². The van der Waals surface area contributed by atoms with Crippen LogP contribution in [0.1, 0.15) is 13.8 Å². The predicted octanol–water partition coefficient (Wildman–Crippen LogP) is 0.657. The summed E-state index contributed by atoms with van der Waals surface area (Å²) >= 11 is 0. The Kier molecular flexibility index (Phi) is 6.55. The molecule has 1 rings (SSSR count). The average molecular weight is 309 g/mol. The monoisotopic (exact) mass is 309 g/mol. The van der Waals surface area contributed by atoms with Crippen LogP contribution in [-0.2, 0) is 28.7 Å². The lowest BCUT2D eigenvalue weighted by molar-refractivity contribution is -0.152. The standard InChI is InChI=1S/C14H15NO7/c1-9(16)20-7-13(18)15-11-5-3-4-6-12(11)22-14(19)8-21-10(2)17/h3-6H,7-8H2,1-2H3,(H,15,18). The van der Waals surface area contributed by atoms with Crippen LogP contribution >= 0.6 is 0 Å². The summed E-state index contributed by atoms with van der Waals surface area (Å²) in [6, 6.07) is 6.16. The molecule has 1 amide bonds. The summed E-state index contributed by atoms with van der Waals surface area (Å²) in [4.78, 5) is 44.3. The van der Waals surface area contributed by atoms with E-state index < -0.39 is 37.0 Å². The van der Waals surface area contributed by atoms with E-state index in [0.717, 1.165) is 6.92 Å². The van der Waals surface area contributed by atoms with Crippen LogP contribution in [-0.4, -0.2) is 37.0 Å². The van der Waals surface area contributed by atoms with E-state index in [1.54, 1.807) is 12.1 Å². The number of carbonyl (C=O) groups excluding carboxylic acids is 4. The van der Waals surface area contributed by atoms with E-state index in [-0.39, 0.29) is 11.4 Å². The zero-order valence-electron chi connectivity index (χ0n) is 12.1. The van der Waals surface area contributed by atoms with Crippen LogP contribution < -0.4 is 10.1 Å². The molecule has 1 N–H and O–H groups in total. The average Bonchev–Trinajstić information content (AvgIpc) is 2.45. The van der Waals surface area contributed by atoms with E-state index in [9.17, 15) is 19.2 Å². The molecule has 8 nitrogen and oxygen atoms in total. The number of para-hydroxylation sites is 2. The van der Waals surface area contributed by atoms with Crippen molar-refractivity contribution in [3.05, 3.63) is 24.3 Å². The number of hydrogen-bond donors (Lipinski definition) is 1. The third-order valence-corrected chi connectivity index (χ3v) is 2.18. The molecule has 0 aliphatic heterocycles. The Morgan fingerprint density at radius 3 is 2.18 bits per heavy atom. The molecule has 0 aromatic heterocycles. The van der Waals surface area contributed by atoms with Gasteiger partial charge in [0.1, 0.15) is 0 Å². The van der Waals surface area contributed by atoms with Gasteiger partial charge in [-0.3, -0.25) is 14.4 Å². The minimum atomic E-state index is -0.795. The Balaban J connectivity index is 2.65. The summed E-state index contributed by atoms with van der Waals surface area (Å²) in [6.07, 6.45) is 0. The normalized spacial score (nSPS) is 9.55. The lowest BCUT2D eigenvalue weighted by Gasteiger charge is -2.11. The fraction of sp³-hybridized carbons (Fsp3) is 0.286. The zero-order chi connectivity index (χ0) is 16.5. The molecule has 1 aromatic carbocycles. The fourth-order valence-corrected chi connectivity index (χ4v) is 1.33. The van der Waals surface area contributed by atoms with Crippen molar-refractivity contribution >= 4 is 29.5 Å². The zero-order valence-corrected chi connectivity index (χ0v) is 12.1. The molecule has 1 aromatic rings. The number of ether oxygens (including phenoxy) is 3. The molecule has 22 heavy (non-hydrogen) atoms. The SMILES string of the molecule is CC(=O)OCC(=O)Nc1ccccc1OC(=O)COC(C)=O. The molecule has 0 saturated carbocycles. The Morgan fingerprint density at radius 1 is 0.955 bits per heavy atom. The highest BCUT2D eigenvalue weighted by Crippen LogP contribution is 2.23. The third-order valence-electron chi connectivity index (χ3n) is 2.18. The van der Waals surface area contributed by atoms with Gasteiger partial charge in [-0.1, -0.05) is 12.1 Å². The van der Waals surface area contributed by atoms with Crippen LogP contribution in [0, 0.1) is 0 Å². The van der Waals surface area contributed by atoms with Gasteiger partial charge in [0.2, 0.25) is 0 Å². The third kappa shape index (κ3) is 6.51. The van der Waals surface area contributed by atoms with Gasteiger partial charge < -0.3 is 19.5 Å². The van der Waals surface area contributed by atoms with Crippen LogP contribution in [0.4, 0.5) is 5.69 Å². The minimum absolute atomic E-state index is 0.0795. The summed E-state index contributed by atoms with van der Waals surface area (Å²) in [7, 11) is 0. The van der Waals surface area contributed by atoms with Crippen LogP contribution in [0.15, 0.2) is 24.3 Å². The van der Waals surface area contributed by atoms with Gasteiger partial charge in [0, 0.05) is 13.8 Å². The van der Waals surface area contributed by atoms with E-state index in [2.05, 4.69) is 14.8 Å². The Bertz CT molecular complexity index is 531. The first kappa shape index (κ1) is 17.2. The lowest BCUT2D eigenvalue weighted by Crippen LogP contribution is -2.21. The maximum Gasteiger partial charge on any atom is 0.349 e. The molecule has 118 valence electrons. The first-order chi connectivity index (χ1) is 10.4. The number of esters is 3. The molecule has 0 bridgehead atoms. The van der Waals surface area contributed by atoms with Crippen molar-refractivity contribution in [2.24, 2.45) is 0 Å². The van der Waals surface area contributed by atoms with Crippen molar-refractivity contribution in [1.82, 2.24) is 0 Å². The van der Waals surface area contributed by atoms with E-state index >= 15 is 0 Å². The van der Waals surface area contributed by atoms with Gasteiger partial charge in [-0.25, -0.2) is 4.79 Å². The number of nitrogens with one attached hydrogen (secondary N) is 1. The van der Waals surface area contributed by atoms with Gasteiger partial charge >= 0.3 is 17.9 Å². The number of carbonyl (C=O) groups is 4. The molecule has 0 aliphatic carbocycles. The van der Waals surface area contributed by atoms with Gasteiger partial charge in [-0.2, -0.15) is 0 Å². The topological polar surface area (TPSA) is 108 Å². The lowest BCUT2D eigenvalue weighted by atomic mass is 10.3. The maximum atomic E-state index is 11.6. The summed E-state index contributed by atoms with van der Waals surface area (Å²) in [6.45, 7) is 1.35. The van der Waals surface area contributed by atoms with Crippen LogP contribution in [0.2, 0.25) is 0 Å². The molecule has 0 spiro atoms. The van der Waals surface area contributed by atoms with E-state index in [0.29, 0.717) is 0 Å². The Hall–Kier alpha value is -2.90. The highest BCUT2D eigenvalue weighted by molar-refractivity contribution is 5.94. The quantitative estimate of drug-likeness (QED) is 0.607. The first-order valence-corrected chi connectivity index (χ1v) is 6.24. The molecule has 0 heterocycles. The minimum Gasteiger partial charge on any atom is -0.456 e. The molecule has 0 atom stereocenters. The van der Waals surface area contributed by atoms with Gasteiger partial charge in [0.15, 0.2) is 19.0 Å². The van der Waals surface area contributed by atoms with Crippen LogP contribution in [0.5, 0.6) is 5.75 Å². The van der Waals surface area contributed by atoms with Crippen LogP contribution in [0.3, 0.4) is 0 Å². The number of hydrogen-bond acceptors (Lipinski definition) is 7. The van der Waals surface area contributed by atoms with E-state index in [1.165, 1.54) is 19.1 Å². The second-order valence-corrected chi connectivity index (χ2v) is 4.08. The van der Waals surface area contributed by atoms with Crippen LogP contribution in [0.25, 0.3) is 0 Å².